The smallest absolute Gasteiger partial charge is 0.161 e. The summed E-state index contributed by atoms with van der Waals surface area (Å²) < 4.78 is 7.22. The van der Waals surface area contributed by atoms with Gasteiger partial charge in [0.25, 0.3) is 0 Å². The van der Waals surface area contributed by atoms with Crippen molar-refractivity contribution in [1.82, 2.24) is 9.38 Å². The topological polar surface area (TPSA) is 62.7 Å². The van der Waals surface area contributed by atoms with Crippen LogP contribution in [0.1, 0.15) is 41.1 Å². The van der Waals surface area contributed by atoms with Gasteiger partial charge in [0.2, 0.25) is 0 Å². The normalized spacial score (nSPS) is 21.3. The third kappa shape index (κ3) is 1.77. The molecule has 2 unspecified atom stereocenters. The van der Waals surface area contributed by atoms with Gasteiger partial charge in [0.05, 0.1) is 36.1 Å². The van der Waals surface area contributed by atoms with Gasteiger partial charge in [-0.05, 0) is 26.0 Å². The van der Waals surface area contributed by atoms with E-state index in [1.165, 1.54) is 0 Å². The van der Waals surface area contributed by atoms with Gasteiger partial charge in [-0.2, -0.15) is 0 Å². The highest BCUT2D eigenvalue weighted by atomic mass is 16.3. The number of aliphatic hydroxyl groups excluding tert-OH is 1. The maximum atomic E-state index is 10.5. The van der Waals surface area contributed by atoms with Crippen LogP contribution in [0.3, 0.4) is 0 Å². The third-order valence-corrected chi connectivity index (χ3v) is 4.38. The summed E-state index contributed by atoms with van der Waals surface area (Å²) in [6.45, 7) is 4.05. The fourth-order valence-electron chi connectivity index (χ4n) is 3.05. The van der Waals surface area contributed by atoms with Crippen molar-refractivity contribution in [1.29, 1.82) is 0 Å². The number of hydrogen-bond acceptors (Lipinski definition) is 4. The van der Waals surface area contributed by atoms with Gasteiger partial charge in [0.15, 0.2) is 5.65 Å². The Hall–Kier alpha value is -2.27. The molecule has 3 aromatic rings. The van der Waals surface area contributed by atoms with Gasteiger partial charge in [0.1, 0.15) is 0 Å². The summed E-state index contributed by atoms with van der Waals surface area (Å²) in [5.74, 6) is 0. The molecule has 4 heterocycles. The monoisotopic (exact) mass is 283 g/mol. The summed E-state index contributed by atoms with van der Waals surface area (Å²) in [5, 5.41) is 14.0. The molecule has 108 valence electrons. The average Bonchev–Trinajstić information content (AvgIpc) is 3.09. The number of anilines is 1. The number of fused-ring (bicyclic) bond motifs is 3. The van der Waals surface area contributed by atoms with E-state index in [1.54, 1.807) is 12.5 Å². The van der Waals surface area contributed by atoms with Gasteiger partial charge in [-0.15, -0.1) is 0 Å². The molecular formula is C16H17N3O2. The molecule has 21 heavy (non-hydrogen) atoms. The number of imidazole rings is 1. The predicted molar refractivity (Wildman–Crippen MR) is 79.3 cm³/mol. The van der Waals surface area contributed by atoms with E-state index in [4.69, 9.17) is 4.42 Å². The number of hydrogen-bond donors (Lipinski definition) is 2. The Morgan fingerprint density at radius 1 is 1.38 bits per heavy atom. The molecule has 0 spiro atoms. The van der Waals surface area contributed by atoms with Crippen LogP contribution in [-0.2, 0) is 0 Å². The van der Waals surface area contributed by atoms with E-state index >= 15 is 0 Å². The first-order chi connectivity index (χ1) is 10.1. The lowest BCUT2D eigenvalue weighted by Crippen LogP contribution is -2.22. The summed E-state index contributed by atoms with van der Waals surface area (Å²) in [4.78, 5) is 4.64. The molecular weight excluding hydrogens is 266 g/mol. The second-order valence-electron chi connectivity index (χ2n) is 5.63. The first-order valence-electron chi connectivity index (χ1n) is 7.10. The number of furan rings is 1. The van der Waals surface area contributed by atoms with Gasteiger partial charge in [-0.25, -0.2) is 4.98 Å². The molecule has 0 saturated heterocycles. The highest BCUT2D eigenvalue weighted by molar-refractivity contribution is 5.74. The molecule has 2 N–H and O–H groups in total. The first-order valence-corrected chi connectivity index (χ1v) is 7.10. The minimum Gasteiger partial charge on any atom is -0.472 e. The van der Waals surface area contributed by atoms with E-state index < -0.39 is 6.10 Å². The quantitative estimate of drug-likeness (QED) is 0.720. The molecule has 5 heteroatoms. The van der Waals surface area contributed by atoms with Crippen LogP contribution in [0.15, 0.2) is 35.3 Å². The van der Waals surface area contributed by atoms with Crippen LogP contribution in [0.4, 0.5) is 5.69 Å². The van der Waals surface area contributed by atoms with Crippen LogP contribution in [0.5, 0.6) is 0 Å². The Morgan fingerprint density at radius 3 is 3.00 bits per heavy atom. The first kappa shape index (κ1) is 12.5. The molecule has 0 aromatic carbocycles. The summed E-state index contributed by atoms with van der Waals surface area (Å²) in [6.07, 6.45) is 5.48. The Kier molecular flexibility index (Phi) is 2.59. The third-order valence-electron chi connectivity index (χ3n) is 4.38. The van der Waals surface area contributed by atoms with Crippen molar-refractivity contribution >= 4 is 11.3 Å². The highest BCUT2D eigenvalue weighted by Crippen LogP contribution is 2.40. The summed E-state index contributed by atoms with van der Waals surface area (Å²) >= 11 is 0. The van der Waals surface area contributed by atoms with Crippen molar-refractivity contribution < 1.29 is 9.52 Å². The lowest BCUT2D eigenvalue weighted by Gasteiger charge is -2.30. The van der Waals surface area contributed by atoms with Crippen LogP contribution >= 0.6 is 0 Å². The van der Waals surface area contributed by atoms with Crippen LogP contribution in [0.25, 0.3) is 5.65 Å². The minimum absolute atomic E-state index is 0.0368. The van der Waals surface area contributed by atoms with Gasteiger partial charge in [-0.3, -0.25) is 0 Å². The highest BCUT2D eigenvalue weighted by Gasteiger charge is 2.29. The number of aromatic nitrogens is 2. The Labute approximate surface area is 122 Å². The van der Waals surface area contributed by atoms with Crippen molar-refractivity contribution in [2.45, 2.75) is 32.4 Å². The van der Waals surface area contributed by atoms with Crippen molar-refractivity contribution in [3.8, 4) is 0 Å². The molecule has 0 bridgehead atoms. The molecule has 0 fully saturated rings. The van der Waals surface area contributed by atoms with E-state index in [2.05, 4.69) is 21.6 Å². The molecule has 0 saturated carbocycles. The maximum Gasteiger partial charge on any atom is 0.161 e. The summed E-state index contributed by atoms with van der Waals surface area (Å²) in [6, 6.07) is 3.94. The molecule has 0 amide bonds. The summed E-state index contributed by atoms with van der Waals surface area (Å²) in [5.41, 5.74) is 5.86. The van der Waals surface area contributed by atoms with E-state index in [0.29, 0.717) is 6.42 Å². The number of pyridine rings is 1. The van der Waals surface area contributed by atoms with Gasteiger partial charge in [0, 0.05) is 29.4 Å². The second kappa shape index (κ2) is 4.36. The molecule has 1 aliphatic heterocycles. The Morgan fingerprint density at radius 2 is 2.24 bits per heavy atom. The van der Waals surface area contributed by atoms with Crippen molar-refractivity contribution in [2.24, 2.45) is 0 Å². The molecule has 0 radical (unpaired) electrons. The molecule has 4 rings (SSSR count). The number of rotatable bonds is 1. The molecule has 2 atom stereocenters. The van der Waals surface area contributed by atoms with Crippen LogP contribution in [0.2, 0.25) is 0 Å². The maximum absolute atomic E-state index is 10.5. The van der Waals surface area contributed by atoms with Crippen molar-refractivity contribution in [2.75, 3.05) is 5.32 Å². The zero-order valence-electron chi connectivity index (χ0n) is 12.0. The molecule has 0 aliphatic carbocycles. The van der Waals surface area contributed by atoms with Crippen LogP contribution in [-0.4, -0.2) is 14.5 Å². The minimum atomic E-state index is -0.497. The SMILES string of the molecule is Cc1nc2c3c(ccn2c1C)C(O)CC(c1ccoc1)N3. The zero-order chi connectivity index (χ0) is 14.6. The van der Waals surface area contributed by atoms with Gasteiger partial charge in [-0.1, -0.05) is 0 Å². The number of nitrogens with zero attached hydrogens (tertiary/aromatic N) is 2. The lowest BCUT2D eigenvalue weighted by molar-refractivity contribution is 0.156. The lowest BCUT2D eigenvalue weighted by atomic mass is 9.93. The van der Waals surface area contributed by atoms with Crippen molar-refractivity contribution in [3.05, 3.63) is 53.4 Å². The molecule has 1 aliphatic rings. The largest absolute Gasteiger partial charge is 0.472 e. The number of nitrogens with one attached hydrogen (secondary N) is 1. The van der Waals surface area contributed by atoms with E-state index in [0.717, 1.165) is 33.8 Å². The summed E-state index contributed by atoms with van der Waals surface area (Å²) in [7, 11) is 0. The van der Waals surface area contributed by atoms with Gasteiger partial charge >= 0.3 is 0 Å². The van der Waals surface area contributed by atoms with E-state index in [-0.39, 0.29) is 6.04 Å². The van der Waals surface area contributed by atoms with E-state index in [9.17, 15) is 5.11 Å². The van der Waals surface area contributed by atoms with Crippen molar-refractivity contribution in [3.63, 3.8) is 0 Å². The molecule has 3 aromatic heterocycles. The van der Waals surface area contributed by atoms with Crippen LogP contribution in [0, 0.1) is 13.8 Å². The Bertz CT molecular complexity index is 805. The zero-order valence-corrected chi connectivity index (χ0v) is 12.0. The van der Waals surface area contributed by atoms with Gasteiger partial charge < -0.3 is 19.2 Å². The Balaban J connectivity index is 1.89. The number of aryl methyl sites for hydroxylation is 2. The second-order valence-corrected chi connectivity index (χ2v) is 5.63. The average molecular weight is 283 g/mol. The number of aliphatic hydroxyl groups is 1. The van der Waals surface area contributed by atoms with E-state index in [1.807, 2.05) is 25.3 Å². The fourth-order valence-corrected chi connectivity index (χ4v) is 3.05. The van der Waals surface area contributed by atoms with Crippen LogP contribution < -0.4 is 5.32 Å². The predicted octanol–water partition coefficient (Wildman–Crippen LogP) is 3.13. The standard InChI is InChI=1S/C16H17N3O2/c1-9-10(2)19-5-3-12-14(20)7-13(11-4-6-21-8-11)18-15(12)16(19)17-9/h3-6,8,13-14,18,20H,7H2,1-2H3. The molecule has 5 nitrogen and oxygen atoms in total. The fraction of sp³-hybridized carbons (Fsp3) is 0.312.